The first-order chi connectivity index (χ1) is 8.13. The molecule has 1 aromatic rings. The molecule has 1 aromatic carbocycles. The molecular formula is C11H14Cl2N2O2. The van der Waals surface area contributed by atoms with E-state index in [1.165, 1.54) is 0 Å². The van der Waals surface area contributed by atoms with Crippen LogP contribution in [-0.2, 0) is 4.79 Å². The van der Waals surface area contributed by atoms with Gasteiger partial charge in [-0.15, -0.1) is 0 Å². The largest absolute Gasteiger partial charge is 0.492 e. The van der Waals surface area contributed by atoms with E-state index in [9.17, 15) is 4.79 Å². The van der Waals surface area contributed by atoms with Crippen molar-refractivity contribution in [2.75, 3.05) is 6.61 Å². The van der Waals surface area contributed by atoms with Crippen LogP contribution < -0.4 is 16.0 Å². The number of rotatable bonds is 6. The Balaban J connectivity index is 2.24. The van der Waals surface area contributed by atoms with Crippen LogP contribution in [0.15, 0.2) is 18.2 Å². The van der Waals surface area contributed by atoms with Crippen LogP contribution in [-0.4, -0.2) is 12.5 Å². The summed E-state index contributed by atoms with van der Waals surface area (Å²) in [4.78, 5) is 10.8. The second-order valence-electron chi connectivity index (χ2n) is 3.45. The zero-order chi connectivity index (χ0) is 12.7. The Morgan fingerprint density at radius 1 is 1.35 bits per heavy atom. The third-order valence-corrected chi connectivity index (χ3v) is 2.64. The summed E-state index contributed by atoms with van der Waals surface area (Å²) in [5.74, 6) is 5.38. The molecule has 0 bridgehead atoms. The van der Waals surface area contributed by atoms with E-state index in [1.54, 1.807) is 18.2 Å². The minimum absolute atomic E-state index is 0.172. The van der Waals surface area contributed by atoms with Gasteiger partial charge in [-0.2, -0.15) is 0 Å². The Morgan fingerprint density at radius 2 is 2.12 bits per heavy atom. The van der Waals surface area contributed by atoms with Gasteiger partial charge in [-0.05, 0) is 31.0 Å². The van der Waals surface area contributed by atoms with Crippen LogP contribution in [0.5, 0.6) is 5.75 Å². The normalized spacial score (nSPS) is 10.1. The van der Waals surface area contributed by atoms with Crippen molar-refractivity contribution < 1.29 is 9.53 Å². The molecule has 0 aliphatic carbocycles. The van der Waals surface area contributed by atoms with Crippen molar-refractivity contribution in [1.29, 1.82) is 0 Å². The third-order valence-electron chi connectivity index (χ3n) is 2.11. The van der Waals surface area contributed by atoms with Gasteiger partial charge in [0.25, 0.3) is 0 Å². The number of halogens is 2. The minimum atomic E-state index is -0.172. The highest BCUT2D eigenvalue weighted by Gasteiger charge is 2.02. The van der Waals surface area contributed by atoms with E-state index in [0.29, 0.717) is 35.2 Å². The van der Waals surface area contributed by atoms with Crippen molar-refractivity contribution in [3.05, 3.63) is 28.2 Å². The number of nitrogens with two attached hydrogens (primary N) is 1. The molecule has 0 saturated heterocycles. The Labute approximate surface area is 110 Å². The lowest BCUT2D eigenvalue weighted by Crippen LogP contribution is -2.29. The first-order valence-corrected chi connectivity index (χ1v) is 5.96. The average Bonchev–Trinajstić information content (AvgIpc) is 2.30. The summed E-state index contributed by atoms with van der Waals surface area (Å²) >= 11 is 11.7. The molecule has 0 atom stereocenters. The van der Waals surface area contributed by atoms with E-state index < -0.39 is 0 Å². The van der Waals surface area contributed by atoms with E-state index in [0.717, 1.165) is 6.42 Å². The number of carbonyl (C=O) groups is 1. The Kier molecular flexibility index (Phi) is 6.11. The Bertz CT molecular complexity index is 386. The summed E-state index contributed by atoms with van der Waals surface area (Å²) in [6.45, 7) is 0.499. The number of hydrogen-bond acceptors (Lipinski definition) is 3. The number of benzene rings is 1. The summed E-state index contributed by atoms with van der Waals surface area (Å²) < 4.78 is 5.45. The standard InChI is InChI=1S/C11H14Cl2N2O2/c12-8-4-5-10(9(13)7-8)17-6-2-1-3-11(16)15-14/h4-5,7H,1-3,6,14H2,(H,15,16). The number of nitrogens with one attached hydrogen (secondary N) is 1. The van der Waals surface area contributed by atoms with Gasteiger partial charge in [0.2, 0.25) is 5.91 Å². The molecule has 1 amide bonds. The molecule has 0 aliphatic heterocycles. The Hall–Kier alpha value is -0.970. The molecule has 6 heteroatoms. The van der Waals surface area contributed by atoms with E-state index >= 15 is 0 Å². The second kappa shape index (κ2) is 7.37. The fourth-order valence-electron chi connectivity index (χ4n) is 1.23. The predicted molar refractivity (Wildman–Crippen MR) is 68.1 cm³/mol. The highest BCUT2D eigenvalue weighted by atomic mass is 35.5. The van der Waals surface area contributed by atoms with E-state index in [4.69, 9.17) is 33.8 Å². The molecule has 4 nitrogen and oxygen atoms in total. The zero-order valence-corrected chi connectivity index (χ0v) is 10.7. The van der Waals surface area contributed by atoms with Crippen LogP contribution >= 0.6 is 23.2 Å². The molecule has 3 N–H and O–H groups in total. The van der Waals surface area contributed by atoms with E-state index in [-0.39, 0.29) is 5.91 Å². The zero-order valence-electron chi connectivity index (χ0n) is 9.21. The molecular weight excluding hydrogens is 263 g/mol. The molecule has 1 rings (SSSR count). The van der Waals surface area contributed by atoms with Gasteiger partial charge in [-0.25, -0.2) is 5.84 Å². The van der Waals surface area contributed by atoms with E-state index in [2.05, 4.69) is 5.43 Å². The van der Waals surface area contributed by atoms with Gasteiger partial charge in [0.05, 0.1) is 11.6 Å². The van der Waals surface area contributed by atoms with Crippen molar-refractivity contribution in [3.8, 4) is 5.75 Å². The van der Waals surface area contributed by atoms with Crippen LogP contribution in [0.1, 0.15) is 19.3 Å². The van der Waals surface area contributed by atoms with Gasteiger partial charge in [-0.3, -0.25) is 10.2 Å². The van der Waals surface area contributed by atoms with Crippen LogP contribution in [0, 0.1) is 0 Å². The second-order valence-corrected chi connectivity index (χ2v) is 4.29. The van der Waals surface area contributed by atoms with Crippen LogP contribution in [0.25, 0.3) is 0 Å². The lowest BCUT2D eigenvalue weighted by Gasteiger charge is -2.07. The lowest BCUT2D eigenvalue weighted by atomic mass is 10.2. The van der Waals surface area contributed by atoms with Gasteiger partial charge >= 0.3 is 0 Å². The first kappa shape index (κ1) is 14.1. The van der Waals surface area contributed by atoms with Crippen LogP contribution in [0.4, 0.5) is 0 Å². The van der Waals surface area contributed by atoms with E-state index in [1.807, 2.05) is 0 Å². The third kappa shape index (κ3) is 5.26. The first-order valence-electron chi connectivity index (χ1n) is 5.21. The molecule has 0 aromatic heterocycles. The average molecular weight is 277 g/mol. The summed E-state index contributed by atoms with van der Waals surface area (Å²) in [5, 5.41) is 1.05. The minimum Gasteiger partial charge on any atom is -0.492 e. The quantitative estimate of drug-likeness (QED) is 0.363. The number of amides is 1. The molecule has 94 valence electrons. The highest BCUT2D eigenvalue weighted by Crippen LogP contribution is 2.27. The van der Waals surface area contributed by atoms with Gasteiger partial charge in [0, 0.05) is 11.4 Å². The van der Waals surface area contributed by atoms with Gasteiger partial charge in [0.15, 0.2) is 0 Å². The fourth-order valence-corrected chi connectivity index (χ4v) is 1.70. The van der Waals surface area contributed by atoms with Crippen LogP contribution in [0.3, 0.4) is 0 Å². The molecule has 17 heavy (non-hydrogen) atoms. The maximum atomic E-state index is 10.8. The topological polar surface area (TPSA) is 64.3 Å². The number of ether oxygens (including phenoxy) is 1. The maximum absolute atomic E-state index is 10.8. The number of hydrazine groups is 1. The van der Waals surface area contributed by atoms with Crippen LogP contribution in [0.2, 0.25) is 10.0 Å². The molecule has 0 saturated carbocycles. The smallest absolute Gasteiger partial charge is 0.233 e. The van der Waals surface area contributed by atoms with Gasteiger partial charge in [-0.1, -0.05) is 23.2 Å². The number of hydrogen-bond donors (Lipinski definition) is 2. The van der Waals surface area contributed by atoms with Gasteiger partial charge in [0.1, 0.15) is 5.75 Å². The Morgan fingerprint density at radius 3 is 2.76 bits per heavy atom. The van der Waals surface area contributed by atoms with Crippen molar-refractivity contribution >= 4 is 29.1 Å². The van der Waals surface area contributed by atoms with Crippen molar-refractivity contribution in [1.82, 2.24) is 5.43 Å². The van der Waals surface area contributed by atoms with Crippen molar-refractivity contribution in [3.63, 3.8) is 0 Å². The summed E-state index contributed by atoms with van der Waals surface area (Å²) in [6.07, 6.45) is 1.87. The summed E-state index contributed by atoms with van der Waals surface area (Å²) in [6, 6.07) is 5.06. The highest BCUT2D eigenvalue weighted by molar-refractivity contribution is 6.35. The SMILES string of the molecule is NNC(=O)CCCCOc1ccc(Cl)cc1Cl. The fraction of sp³-hybridized carbons (Fsp3) is 0.364. The number of unbranched alkanes of at least 4 members (excludes halogenated alkanes) is 1. The molecule has 0 aliphatic rings. The van der Waals surface area contributed by atoms with Gasteiger partial charge < -0.3 is 4.74 Å². The summed E-state index contributed by atoms with van der Waals surface area (Å²) in [5.41, 5.74) is 2.07. The predicted octanol–water partition coefficient (Wildman–Crippen LogP) is 2.53. The molecule has 0 spiro atoms. The molecule has 0 fully saturated rings. The molecule has 0 heterocycles. The monoisotopic (exact) mass is 276 g/mol. The molecule has 0 radical (unpaired) electrons. The maximum Gasteiger partial charge on any atom is 0.233 e. The van der Waals surface area contributed by atoms with Crippen molar-refractivity contribution in [2.45, 2.75) is 19.3 Å². The number of carbonyl (C=O) groups excluding carboxylic acids is 1. The van der Waals surface area contributed by atoms with Crippen molar-refractivity contribution in [2.24, 2.45) is 5.84 Å². The summed E-state index contributed by atoms with van der Waals surface area (Å²) in [7, 11) is 0. The molecule has 0 unspecified atom stereocenters. The lowest BCUT2D eigenvalue weighted by molar-refractivity contribution is -0.121.